The molecule has 0 radical (unpaired) electrons. The molecule has 1 aromatic carbocycles. The predicted octanol–water partition coefficient (Wildman–Crippen LogP) is 4.07. The highest BCUT2D eigenvalue weighted by Crippen LogP contribution is 2.18. The molecule has 1 heterocycles. The lowest BCUT2D eigenvalue weighted by molar-refractivity contribution is 0.572. The molecular formula is C13H16FNO. The summed E-state index contributed by atoms with van der Waals surface area (Å²) in [5, 5.41) is 0. The van der Waals surface area contributed by atoms with E-state index in [0.717, 1.165) is 17.7 Å². The van der Waals surface area contributed by atoms with Gasteiger partial charge < -0.3 is 4.42 Å². The van der Waals surface area contributed by atoms with Crippen LogP contribution in [0.1, 0.15) is 26.5 Å². The Morgan fingerprint density at radius 3 is 2.31 bits per heavy atom. The smallest absolute Gasteiger partial charge is 0.226 e. The van der Waals surface area contributed by atoms with Crippen LogP contribution in [0.5, 0.6) is 0 Å². The van der Waals surface area contributed by atoms with Gasteiger partial charge >= 0.3 is 0 Å². The molecule has 0 spiro atoms. The van der Waals surface area contributed by atoms with Crippen molar-refractivity contribution >= 4 is 0 Å². The minimum Gasteiger partial charge on any atom is -0.444 e. The highest BCUT2D eigenvalue weighted by molar-refractivity contribution is 5.52. The SMILES string of the molecule is CC.CCc1coc(-c2ccc(F)cc2)n1. The van der Waals surface area contributed by atoms with E-state index in [1.54, 1.807) is 18.4 Å². The van der Waals surface area contributed by atoms with Gasteiger partial charge in [0.2, 0.25) is 5.89 Å². The van der Waals surface area contributed by atoms with Gasteiger partial charge in [0.15, 0.2) is 0 Å². The minimum absolute atomic E-state index is 0.254. The number of halogens is 1. The molecule has 86 valence electrons. The van der Waals surface area contributed by atoms with Crippen molar-refractivity contribution in [1.29, 1.82) is 0 Å². The van der Waals surface area contributed by atoms with Crippen molar-refractivity contribution in [3.8, 4) is 11.5 Å². The van der Waals surface area contributed by atoms with Gasteiger partial charge in [-0.15, -0.1) is 0 Å². The first-order valence-corrected chi connectivity index (χ1v) is 5.50. The van der Waals surface area contributed by atoms with Crippen LogP contribution in [-0.4, -0.2) is 4.98 Å². The second-order valence-electron chi connectivity index (χ2n) is 3.00. The van der Waals surface area contributed by atoms with Crippen molar-refractivity contribution < 1.29 is 8.81 Å². The molecule has 0 fully saturated rings. The summed E-state index contributed by atoms with van der Waals surface area (Å²) in [5.41, 5.74) is 1.70. The first-order valence-electron chi connectivity index (χ1n) is 5.50. The molecule has 0 unspecified atom stereocenters. The summed E-state index contributed by atoms with van der Waals surface area (Å²) >= 11 is 0. The zero-order chi connectivity index (χ0) is 12.0. The van der Waals surface area contributed by atoms with E-state index < -0.39 is 0 Å². The average Bonchev–Trinajstić information content (AvgIpc) is 2.81. The van der Waals surface area contributed by atoms with Crippen molar-refractivity contribution in [2.45, 2.75) is 27.2 Å². The number of rotatable bonds is 2. The third kappa shape index (κ3) is 2.92. The lowest BCUT2D eigenvalue weighted by Gasteiger charge is -1.93. The topological polar surface area (TPSA) is 26.0 Å². The Balaban J connectivity index is 0.000000606. The van der Waals surface area contributed by atoms with Crippen LogP contribution in [0, 0.1) is 5.82 Å². The molecule has 0 saturated carbocycles. The monoisotopic (exact) mass is 221 g/mol. The molecule has 0 atom stereocenters. The summed E-state index contributed by atoms with van der Waals surface area (Å²) in [5.74, 6) is 0.290. The van der Waals surface area contributed by atoms with Crippen molar-refractivity contribution in [1.82, 2.24) is 4.98 Å². The van der Waals surface area contributed by atoms with Crippen LogP contribution in [0.25, 0.3) is 11.5 Å². The van der Waals surface area contributed by atoms with Crippen LogP contribution in [0.4, 0.5) is 4.39 Å². The quantitative estimate of drug-likeness (QED) is 0.764. The normalized spacial score (nSPS) is 9.50. The lowest BCUT2D eigenvalue weighted by Crippen LogP contribution is -1.81. The van der Waals surface area contributed by atoms with E-state index in [9.17, 15) is 4.39 Å². The molecule has 2 aromatic rings. The second kappa shape index (κ2) is 6.05. The second-order valence-corrected chi connectivity index (χ2v) is 3.00. The molecule has 0 bridgehead atoms. The number of hydrogen-bond acceptors (Lipinski definition) is 2. The summed E-state index contributed by atoms with van der Waals surface area (Å²) in [6.45, 7) is 6.01. The Hall–Kier alpha value is -1.64. The van der Waals surface area contributed by atoms with Gasteiger partial charge in [0.25, 0.3) is 0 Å². The zero-order valence-electron chi connectivity index (χ0n) is 9.83. The third-order valence-electron chi connectivity index (χ3n) is 2.01. The fraction of sp³-hybridized carbons (Fsp3) is 0.308. The van der Waals surface area contributed by atoms with E-state index in [-0.39, 0.29) is 5.82 Å². The zero-order valence-corrected chi connectivity index (χ0v) is 9.83. The highest BCUT2D eigenvalue weighted by atomic mass is 19.1. The number of aryl methyl sites for hydroxylation is 1. The van der Waals surface area contributed by atoms with Crippen LogP contribution in [0.3, 0.4) is 0 Å². The minimum atomic E-state index is -0.254. The van der Waals surface area contributed by atoms with E-state index >= 15 is 0 Å². The van der Waals surface area contributed by atoms with Gasteiger partial charge in [-0.1, -0.05) is 20.8 Å². The van der Waals surface area contributed by atoms with E-state index in [1.807, 2.05) is 20.8 Å². The van der Waals surface area contributed by atoms with Gasteiger partial charge in [0, 0.05) is 5.56 Å². The Morgan fingerprint density at radius 2 is 1.81 bits per heavy atom. The molecule has 0 N–H and O–H groups in total. The van der Waals surface area contributed by atoms with Crippen molar-refractivity contribution in [3.63, 3.8) is 0 Å². The molecular weight excluding hydrogens is 205 g/mol. The Labute approximate surface area is 95.1 Å². The van der Waals surface area contributed by atoms with Gasteiger partial charge in [0.05, 0.1) is 5.69 Å². The number of oxazole rings is 1. The standard InChI is InChI=1S/C11H10FNO.C2H6/c1-2-10-7-14-11(13-10)8-3-5-9(12)6-4-8;1-2/h3-7H,2H2,1H3;1-2H3. The molecule has 0 aliphatic heterocycles. The summed E-state index contributed by atoms with van der Waals surface area (Å²) in [4.78, 5) is 4.24. The van der Waals surface area contributed by atoms with Gasteiger partial charge in [-0.05, 0) is 30.7 Å². The van der Waals surface area contributed by atoms with Crippen molar-refractivity contribution in [3.05, 3.63) is 42.0 Å². The van der Waals surface area contributed by atoms with E-state index in [0.29, 0.717) is 5.89 Å². The summed E-state index contributed by atoms with van der Waals surface area (Å²) in [7, 11) is 0. The fourth-order valence-electron chi connectivity index (χ4n) is 1.19. The number of nitrogens with zero attached hydrogens (tertiary/aromatic N) is 1. The van der Waals surface area contributed by atoms with Gasteiger partial charge in [0.1, 0.15) is 12.1 Å². The Morgan fingerprint density at radius 1 is 1.19 bits per heavy atom. The fourth-order valence-corrected chi connectivity index (χ4v) is 1.19. The molecule has 1 aromatic heterocycles. The van der Waals surface area contributed by atoms with Crippen LogP contribution < -0.4 is 0 Å². The summed E-state index contributed by atoms with van der Waals surface area (Å²) in [6.07, 6.45) is 2.46. The molecule has 0 amide bonds. The maximum absolute atomic E-state index is 12.6. The van der Waals surface area contributed by atoms with E-state index in [1.165, 1.54) is 12.1 Å². The molecule has 2 nitrogen and oxygen atoms in total. The van der Waals surface area contributed by atoms with E-state index in [2.05, 4.69) is 4.98 Å². The first kappa shape index (κ1) is 12.4. The number of hydrogen-bond donors (Lipinski definition) is 0. The first-order chi connectivity index (χ1) is 7.79. The Kier molecular flexibility index (Phi) is 4.70. The van der Waals surface area contributed by atoms with Crippen LogP contribution in [0.2, 0.25) is 0 Å². The summed E-state index contributed by atoms with van der Waals surface area (Å²) in [6, 6.07) is 6.09. The molecule has 2 rings (SSSR count). The molecule has 0 aliphatic carbocycles. The van der Waals surface area contributed by atoms with E-state index in [4.69, 9.17) is 4.42 Å². The average molecular weight is 221 g/mol. The molecule has 3 heteroatoms. The van der Waals surface area contributed by atoms with Gasteiger partial charge in [-0.25, -0.2) is 9.37 Å². The maximum Gasteiger partial charge on any atom is 0.226 e. The summed E-state index contributed by atoms with van der Waals surface area (Å²) < 4.78 is 17.9. The number of benzene rings is 1. The van der Waals surface area contributed by atoms with Crippen LogP contribution in [0.15, 0.2) is 34.9 Å². The lowest BCUT2D eigenvalue weighted by atomic mass is 10.2. The van der Waals surface area contributed by atoms with Crippen molar-refractivity contribution in [2.24, 2.45) is 0 Å². The number of aromatic nitrogens is 1. The molecule has 0 aliphatic rings. The molecule has 16 heavy (non-hydrogen) atoms. The largest absolute Gasteiger partial charge is 0.444 e. The molecule has 0 saturated heterocycles. The van der Waals surface area contributed by atoms with Crippen molar-refractivity contribution in [2.75, 3.05) is 0 Å². The van der Waals surface area contributed by atoms with Gasteiger partial charge in [-0.2, -0.15) is 0 Å². The highest BCUT2D eigenvalue weighted by Gasteiger charge is 2.04. The van der Waals surface area contributed by atoms with Crippen LogP contribution >= 0.6 is 0 Å². The maximum atomic E-state index is 12.6. The Bertz CT molecular complexity index is 420. The predicted molar refractivity (Wildman–Crippen MR) is 62.6 cm³/mol. The van der Waals surface area contributed by atoms with Crippen LogP contribution in [-0.2, 0) is 6.42 Å². The van der Waals surface area contributed by atoms with Gasteiger partial charge in [-0.3, -0.25) is 0 Å². The third-order valence-corrected chi connectivity index (χ3v) is 2.01.